The summed E-state index contributed by atoms with van der Waals surface area (Å²) >= 11 is 6.03. The average Bonchev–Trinajstić information content (AvgIpc) is 2.67. The van der Waals surface area contributed by atoms with E-state index >= 15 is 0 Å². The van der Waals surface area contributed by atoms with Gasteiger partial charge in [-0.2, -0.15) is 0 Å². The first kappa shape index (κ1) is 19.8. The van der Waals surface area contributed by atoms with Crippen LogP contribution in [0.1, 0.15) is 42.1 Å². The minimum Gasteiger partial charge on any atom is -0.322 e. The van der Waals surface area contributed by atoms with Crippen LogP contribution in [-0.2, 0) is 11.2 Å². The molecule has 0 fully saturated rings. The third-order valence-electron chi connectivity index (χ3n) is 4.68. The van der Waals surface area contributed by atoms with Crippen molar-refractivity contribution < 1.29 is 14.5 Å². The van der Waals surface area contributed by atoms with Crippen LogP contribution in [0, 0.1) is 10.1 Å². The monoisotopic (exact) mass is 401 g/mol. The zero-order valence-corrected chi connectivity index (χ0v) is 16.2. The standard InChI is InChI=1S/C20H20ClN3O4/c1-2-3-10-23-18-8-5-14(11-13(18)4-9-19(23)25)22-20(26)16-12-15(24(27)28)6-7-17(16)21/h5-8,11-12H,2-4,9-10H2,1H3,(H,22,26). The van der Waals surface area contributed by atoms with Gasteiger partial charge in [-0.15, -0.1) is 0 Å². The second-order valence-electron chi connectivity index (χ2n) is 6.62. The second kappa shape index (κ2) is 8.39. The first-order chi connectivity index (χ1) is 13.4. The Morgan fingerprint density at radius 1 is 1.25 bits per heavy atom. The Labute approximate surface area is 167 Å². The number of anilines is 2. The van der Waals surface area contributed by atoms with Gasteiger partial charge in [0.15, 0.2) is 0 Å². The third kappa shape index (κ3) is 4.14. The lowest BCUT2D eigenvalue weighted by Crippen LogP contribution is -2.35. The minimum atomic E-state index is -0.575. The number of aryl methyl sites for hydroxylation is 1. The Morgan fingerprint density at radius 3 is 2.75 bits per heavy atom. The predicted molar refractivity (Wildman–Crippen MR) is 108 cm³/mol. The number of unbranched alkanes of at least 4 members (excludes halogenated alkanes) is 1. The Balaban J connectivity index is 1.83. The molecule has 0 bridgehead atoms. The first-order valence-corrected chi connectivity index (χ1v) is 9.47. The van der Waals surface area contributed by atoms with Crippen molar-refractivity contribution in [3.63, 3.8) is 0 Å². The highest BCUT2D eigenvalue weighted by molar-refractivity contribution is 6.34. The lowest BCUT2D eigenvalue weighted by atomic mass is 10.00. The van der Waals surface area contributed by atoms with Gasteiger partial charge in [-0.1, -0.05) is 24.9 Å². The van der Waals surface area contributed by atoms with Crippen molar-refractivity contribution in [2.45, 2.75) is 32.6 Å². The normalized spacial score (nSPS) is 13.2. The Morgan fingerprint density at radius 2 is 2.04 bits per heavy atom. The summed E-state index contributed by atoms with van der Waals surface area (Å²) in [6.07, 6.45) is 2.97. The van der Waals surface area contributed by atoms with E-state index in [9.17, 15) is 19.7 Å². The van der Waals surface area contributed by atoms with Crippen LogP contribution in [0.3, 0.4) is 0 Å². The highest BCUT2D eigenvalue weighted by atomic mass is 35.5. The highest BCUT2D eigenvalue weighted by Gasteiger charge is 2.24. The maximum Gasteiger partial charge on any atom is 0.270 e. The predicted octanol–water partition coefficient (Wildman–Crippen LogP) is 4.58. The van der Waals surface area contributed by atoms with Crippen LogP contribution >= 0.6 is 11.6 Å². The molecular weight excluding hydrogens is 382 g/mol. The molecule has 1 aliphatic rings. The van der Waals surface area contributed by atoms with Crippen molar-refractivity contribution in [3.05, 3.63) is 62.7 Å². The molecule has 0 aromatic heterocycles. The summed E-state index contributed by atoms with van der Waals surface area (Å²) in [5, 5.41) is 13.8. The van der Waals surface area contributed by atoms with E-state index < -0.39 is 10.8 Å². The Bertz CT molecular complexity index is 945. The van der Waals surface area contributed by atoms with Crippen molar-refractivity contribution in [1.29, 1.82) is 0 Å². The van der Waals surface area contributed by atoms with Gasteiger partial charge in [0.2, 0.25) is 5.91 Å². The number of nitro benzene ring substituents is 1. The largest absolute Gasteiger partial charge is 0.322 e. The highest BCUT2D eigenvalue weighted by Crippen LogP contribution is 2.31. The van der Waals surface area contributed by atoms with Crippen molar-refractivity contribution in [3.8, 4) is 0 Å². The van der Waals surface area contributed by atoms with Crippen LogP contribution in [0.15, 0.2) is 36.4 Å². The van der Waals surface area contributed by atoms with Gasteiger partial charge >= 0.3 is 0 Å². The SMILES string of the molecule is CCCCN1C(=O)CCc2cc(NC(=O)c3cc([N+](=O)[O-])ccc3Cl)ccc21. The number of benzene rings is 2. The molecule has 0 aliphatic carbocycles. The van der Waals surface area contributed by atoms with Gasteiger partial charge in [-0.25, -0.2) is 0 Å². The molecule has 0 unspecified atom stereocenters. The fraction of sp³-hybridized carbons (Fsp3) is 0.300. The molecule has 8 heteroatoms. The number of nitrogens with one attached hydrogen (secondary N) is 1. The van der Waals surface area contributed by atoms with E-state index in [0.29, 0.717) is 25.1 Å². The number of carbonyl (C=O) groups excluding carboxylic acids is 2. The van der Waals surface area contributed by atoms with Gasteiger partial charge in [0.05, 0.1) is 15.5 Å². The summed E-state index contributed by atoms with van der Waals surface area (Å²) in [4.78, 5) is 36.9. The van der Waals surface area contributed by atoms with E-state index in [2.05, 4.69) is 12.2 Å². The molecule has 1 aliphatic heterocycles. The molecule has 1 heterocycles. The number of nitrogens with zero attached hydrogens (tertiary/aromatic N) is 2. The molecule has 28 heavy (non-hydrogen) atoms. The Hall–Kier alpha value is -2.93. The number of fused-ring (bicyclic) bond motifs is 1. The zero-order valence-electron chi connectivity index (χ0n) is 15.4. The number of hydrogen-bond donors (Lipinski definition) is 1. The number of halogens is 1. The van der Waals surface area contributed by atoms with Crippen LogP contribution in [0.2, 0.25) is 5.02 Å². The lowest BCUT2D eigenvalue weighted by molar-refractivity contribution is -0.384. The number of hydrogen-bond acceptors (Lipinski definition) is 4. The van der Waals surface area contributed by atoms with E-state index in [1.54, 1.807) is 11.0 Å². The van der Waals surface area contributed by atoms with Crippen molar-refractivity contribution in [1.82, 2.24) is 0 Å². The molecule has 2 aromatic rings. The molecule has 0 radical (unpaired) electrons. The smallest absolute Gasteiger partial charge is 0.270 e. The topological polar surface area (TPSA) is 92.6 Å². The van der Waals surface area contributed by atoms with Gasteiger partial charge in [-0.05, 0) is 42.7 Å². The molecule has 0 atom stereocenters. The van der Waals surface area contributed by atoms with E-state index in [0.717, 1.165) is 30.2 Å². The summed E-state index contributed by atoms with van der Waals surface area (Å²) in [7, 11) is 0. The molecule has 3 rings (SSSR count). The number of rotatable bonds is 6. The quantitative estimate of drug-likeness (QED) is 0.566. The number of amides is 2. The van der Waals surface area contributed by atoms with Crippen LogP contribution in [0.5, 0.6) is 0 Å². The van der Waals surface area contributed by atoms with E-state index in [-0.39, 0.29) is 22.2 Å². The molecule has 146 valence electrons. The van der Waals surface area contributed by atoms with E-state index in [1.807, 2.05) is 12.1 Å². The van der Waals surface area contributed by atoms with Gasteiger partial charge in [-0.3, -0.25) is 19.7 Å². The Kier molecular flexibility index (Phi) is 5.94. The van der Waals surface area contributed by atoms with Gasteiger partial charge in [0.1, 0.15) is 0 Å². The molecule has 7 nitrogen and oxygen atoms in total. The molecule has 1 N–H and O–H groups in total. The van der Waals surface area contributed by atoms with Crippen molar-refractivity contribution in [2.24, 2.45) is 0 Å². The summed E-state index contributed by atoms with van der Waals surface area (Å²) in [5.74, 6) is -0.413. The van der Waals surface area contributed by atoms with Crippen molar-refractivity contribution in [2.75, 3.05) is 16.8 Å². The second-order valence-corrected chi connectivity index (χ2v) is 7.03. The molecule has 0 saturated heterocycles. The van der Waals surface area contributed by atoms with Crippen LogP contribution in [-0.4, -0.2) is 23.3 Å². The zero-order chi connectivity index (χ0) is 20.3. The lowest BCUT2D eigenvalue weighted by Gasteiger charge is -2.29. The summed E-state index contributed by atoms with van der Waals surface area (Å²) in [5.41, 5.74) is 2.24. The summed E-state index contributed by atoms with van der Waals surface area (Å²) in [6.45, 7) is 2.75. The fourth-order valence-corrected chi connectivity index (χ4v) is 3.40. The van der Waals surface area contributed by atoms with Crippen molar-refractivity contribution >= 4 is 40.5 Å². The first-order valence-electron chi connectivity index (χ1n) is 9.09. The van der Waals surface area contributed by atoms with Crippen LogP contribution < -0.4 is 10.2 Å². The molecule has 0 saturated carbocycles. The molecule has 2 amide bonds. The van der Waals surface area contributed by atoms with E-state index in [1.165, 1.54) is 12.1 Å². The van der Waals surface area contributed by atoms with Crippen LogP contribution in [0.25, 0.3) is 0 Å². The van der Waals surface area contributed by atoms with Crippen LogP contribution in [0.4, 0.5) is 17.1 Å². The fourth-order valence-electron chi connectivity index (χ4n) is 3.20. The molecular formula is C20H20ClN3O4. The summed E-state index contributed by atoms with van der Waals surface area (Å²) < 4.78 is 0. The molecule has 0 spiro atoms. The van der Waals surface area contributed by atoms with Gasteiger partial charge in [0, 0.05) is 36.5 Å². The number of nitro groups is 1. The average molecular weight is 402 g/mol. The van der Waals surface area contributed by atoms with Gasteiger partial charge in [0.25, 0.3) is 11.6 Å². The maximum absolute atomic E-state index is 12.6. The van der Waals surface area contributed by atoms with E-state index in [4.69, 9.17) is 11.6 Å². The molecule has 2 aromatic carbocycles. The maximum atomic E-state index is 12.6. The third-order valence-corrected chi connectivity index (χ3v) is 5.01. The number of non-ortho nitro benzene ring substituents is 1. The number of carbonyl (C=O) groups is 2. The van der Waals surface area contributed by atoms with Gasteiger partial charge < -0.3 is 10.2 Å². The minimum absolute atomic E-state index is 0.0355. The summed E-state index contributed by atoms with van der Waals surface area (Å²) in [6, 6.07) is 9.12.